The van der Waals surface area contributed by atoms with E-state index in [-0.39, 0.29) is 0 Å². The van der Waals surface area contributed by atoms with Gasteiger partial charge in [-0.25, -0.2) is 9.97 Å². The van der Waals surface area contributed by atoms with Crippen molar-refractivity contribution in [2.24, 2.45) is 0 Å². The number of rotatable bonds is 3. The monoisotopic (exact) mass is 274 g/mol. The second-order valence-corrected chi connectivity index (χ2v) is 6.35. The first-order valence-corrected chi connectivity index (χ1v) is 8.03. The lowest BCUT2D eigenvalue weighted by molar-refractivity contribution is 0.218. The SMILES string of the molecule is CN1CCC(c2cc(CN3CCCCC3)ncn2)CC1. The van der Waals surface area contributed by atoms with Crippen molar-refractivity contribution in [1.82, 2.24) is 19.8 Å². The lowest BCUT2D eigenvalue weighted by Crippen LogP contribution is -2.30. The number of likely N-dealkylation sites (tertiary alicyclic amines) is 2. The number of piperidine rings is 2. The fraction of sp³-hybridized carbons (Fsp3) is 0.750. The van der Waals surface area contributed by atoms with Gasteiger partial charge in [-0.05, 0) is 65.0 Å². The maximum atomic E-state index is 4.53. The molecule has 0 amide bonds. The van der Waals surface area contributed by atoms with Crippen LogP contribution >= 0.6 is 0 Å². The van der Waals surface area contributed by atoms with E-state index in [4.69, 9.17) is 0 Å². The van der Waals surface area contributed by atoms with E-state index in [1.54, 1.807) is 6.33 Å². The Hall–Kier alpha value is -1.00. The Labute approximate surface area is 122 Å². The molecule has 0 bridgehead atoms. The number of aromatic nitrogens is 2. The van der Waals surface area contributed by atoms with Crippen molar-refractivity contribution < 1.29 is 0 Å². The standard InChI is InChI=1S/C16H26N4/c1-19-9-5-14(6-10-19)16-11-15(17-13-18-16)12-20-7-3-2-4-8-20/h11,13-14H,2-10,12H2,1H3. The third kappa shape index (κ3) is 3.55. The second kappa shape index (κ2) is 6.64. The fourth-order valence-electron chi connectivity index (χ4n) is 3.38. The van der Waals surface area contributed by atoms with Gasteiger partial charge in [0, 0.05) is 18.2 Å². The quantitative estimate of drug-likeness (QED) is 0.846. The van der Waals surface area contributed by atoms with Crippen LogP contribution in [0.15, 0.2) is 12.4 Å². The minimum Gasteiger partial charge on any atom is -0.306 e. The molecule has 1 aromatic heterocycles. The molecule has 0 spiro atoms. The zero-order valence-electron chi connectivity index (χ0n) is 12.6. The van der Waals surface area contributed by atoms with Crippen molar-refractivity contribution in [3.63, 3.8) is 0 Å². The van der Waals surface area contributed by atoms with Crippen molar-refractivity contribution in [2.45, 2.75) is 44.6 Å². The molecular weight excluding hydrogens is 248 g/mol. The smallest absolute Gasteiger partial charge is 0.115 e. The van der Waals surface area contributed by atoms with Gasteiger partial charge in [0.1, 0.15) is 6.33 Å². The summed E-state index contributed by atoms with van der Waals surface area (Å²) in [5.41, 5.74) is 2.47. The molecule has 4 heteroatoms. The summed E-state index contributed by atoms with van der Waals surface area (Å²) in [6, 6.07) is 2.25. The van der Waals surface area contributed by atoms with Gasteiger partial charge in [-0.15, -0.1) is 0 Å². The van der Waals surface area contributed by atoms with Crippen LogP contribution < -0.4 is 0 Å². The zero-order valence-corrected chi connectivity index (χ0v) is 12.6. The van der Waals surface area contributed by atoms with Crippen LogP contribution in [0.4, 0.5) is 0 Å². The van der Waals surface area contributed by atoms with Gasteiger partial charge in [-0.1, -0.05) is 6.42 Å². The van der Waals surface area contributed by atoms with E-state index in [1.807, 2.05) is 0 Å². The molecule has 110 valence electrons. The van der Waals surface area contributed by atoms with Gasteiger partial charge in [0.25, 0.3) is 0 Å². The molecule has 3 rings (SSSR count). The molecule has 0 aliphatic carbocycles. The molecule has 0 atom stereocenters. The van der Waals surface area contributed by atoms with Crippen LogP contribution in [0.5, 0.6) is 0 Å². The molecule has 0 saturated carbocycles. The summed E-state index contributed by atoms with van der Waals surface area (Å²) in [5, 5.41) is 0. The van der Waals surface area contributed by atoms with Crippen LogP contribution in [0.3, 0.4) is 0 Å². The second-order valence-electron chi connectivity index (χ2n) is 6.35. The Morgan fingerprint density at radius 1 is 1.05 bits per heavy atom. The summed E-state index contributed by atoms with van der Waals surface area (Å²) in [6.45, 7) is 5.84. The Morgan fingerprint density at radius 2 is 1.80 bits per heavy atom. The van der Waals surface area contributed by atoms with Gasteiger partial charge in [-0.3, -0.25) is 4.90 Å². The highest BCUT2D eigenvalue weighted by atomic mass is 15.1. The summed E-state index contributed by atoms with van der Waals surface area (Å²) in [4.78, 5) is 14.0. The van der Waals surface area contributed by atoms with E-state index in [9.17, 15) is 0 Å². The highest BCUT2D eigenvalue weighted by molar-refractivity contribution is 5.13. The lowest BCUT2D eigenvalue weighted by Gasteiger charge is -2.29. The summed E-state index contributed by atoms with van der Waals surface area (Å²) >= 11 is 0. The van der Waals surface area contributed by atoms with Gasteiger partial charge in [0.15, 0.2) is 0 Å². The van der Waals surface area contributed by atoms with E-state index < -0.39 is 0 Å². The Morgan fingerprint density at radius 3 is 2.55 bits per heavy atom. The van der Waals surface area contributed by atoms with Crippen LogP contribution in [-0.4, -0.2) is 53.0 Å². The van der Waals surface area contributed by atoms with E-state index in [0.29, 0.717) is 5.92 Å². The first-order chi connectivity index (χ1) is 9.81. The highest BCUT2D eigenvalue weighted by Crippen LogP contribution is 2.26. The van der Waals surface area contributed by atoms with E-state index in [1.165, 1.54) is 69.7 Å². The molecule has 3 heterocycles. The predicted octanol–water partition coefficient (Wildman–Crippen LogP) is 2.27. The Kier molecular flexibility index (Phi) is 4.63. The minimum atomic E-state index is 0.634. The van der Waals surface area contributed by atoms with E-state index >= 15 is 0 Å². The number of nitrogens with zero attached hydrogens (tertiary/aromatic N) is 4. The molecule has 0 unspecified atom stereocenters. The third-order valence-electron chi connectivity index (χ3n) is 4.72. The molecule has 20 heavy (non-hydrogen) atoms. The lowest BCUT2D eigenvalue weighted by atomic mass is 9.93. The summed E-state index contributed by atoms with van der Waals surface area (Å²) in [7, 11) is 2.21. The topological polar surface area (TPSA) is 32.3 Å². The molecule has 2 saturated heterocycles. The van der Waals surface area contributed by atoms with Crippen LogP contribution in [0.2, 0.25) is 0 Å². The molecule has 1 aromatic rings. The van der Waals surface area contributed by atoms with Crippen molar-refractivity contribution >= 4 is 0 Å². The van der Waals surface area contributed by atoms with Gasteiger partial charge in [0.2, 0.25) is 0 Å². The average molecular weight is 274 g/mol. The van der Waals surface area contributed by atoms with Crippen LogP contribution in [-0.2, 0) is 6.54 Å². The van der Waals surface area contributed by atoms with Crippen molar-refractivity contribution in [3.8, 4) is 0 Å². The molecular formula is C16H26N4. The molecule has 2 fully saturated rings. The maximum absolute atomic E-state index is 4.53. The normalized spacial score (nSPS) is 23.1. The summed E-state index contributed by atoms with van der Waals surface area (Å²) in [5.74, 6) is 0.634. The van der Waals surface area contributed by atoms with Crippen LogP contribution in [0.1, 0.15) is 49.4 Å². The fourth-order valence-corrected chi connectivity index (χ4v) is 3.38. The number of hydrogen-bond donors (Lipinski definition) is 0. The van der Waals surface area contributed by atoms with Crippen molar-refractivity contribution in [1.29, 1.82) is 0 Å². The van der Waals surface area contributed by atoms with Crippen molar-refractivity contribution in [2.75, 3.05) is 33.2 Å². The largest absolute Gasteiger partial charge is 0.306 e. The predicted molar refractivity (Wildman–Crippen MR) is 80.6 cm³/mol. The van der Waals surface area contributed by atoms with Crippen LogP contribution in [0, 0.1) is 0 Å². The van der Waals surface area contributed by atoms with Gasteiger partial charge in [-0.2, -0.15) is 0 Å². The zero-order chi connectivity index (χ0) is 13.8. The molecule has 0 aromatic carbocycles. The van der Waals surface area contributed by atoms with Crippen molar-refractivity contribution in [3.05, 3.63) is 23.8 Å². The molecule has 4 nitrogen and oxygen atoms in total. The van der Waals surface area contributed by atoms with Gasteiger partial charge < -0.3 is 4.90 Å². The van der Waals surface area contributed by atoms with E-state index in [0.717, 1.165) is 6.54 Å². The Bertz CT molecular complexity index is 420. The maximum Gasteiger partial charge on any atom is 0.115 e. The van der Waals surface area contributed by atoms with Gasteiger partial charge in [0.05, 0.1) is 5.69 Å². The first-order valence-electron chi connectivity index (χ1n) is 8.03. The third-order valence-corrected chi connectivity index (χ3v) is 4.72. The average Bonchev–Trinajstić information content (AvgIpc) is 2.49. The Balaban J connectivity index is 1.63. The minimum absolute atomic E-state index is 0.634. The molecule has 0 N–H and O–H groups in total. The highest BCUT2D eigenvalue weighted by Gasteiger charge is 2.20. The molecule has 2 aliphatic rings. The first kappa shape index (κ1) is 14.0. The molecule has 2 aliphatic heterocycles. The molecule has 0 radical (unpaired) electrons. The summed E-state index contributed by atoms with van der Waals surface area (Å²) < 4.78 is 0. The van der Waals surface area contributed by atoms with Gasteiger partial charge >= 0.3 is 0 Å². The van der Waals surface area contributed by atoms with E-state index in [2.05, 4.69) is 32.9 Å². The number of hydrogen-bond acceptors (Lipinski definition) is 4. The van der Waals surface area contributed by atoms with Crippen LogP contribution in [0.25, 0.3) is 0 Å². The summed E-state index contributed by atoms with van der Waals surface area (Å²) in [6.07, 6.45) is 8.31.